The third kappa shape index (κ3) is 6.31. The lowest BCUT2D eigenvalue weighted by molar-refractivity contribution is -0.137. The topological polar surface area (TPSA) is 113 Å². The minimum Gasteiger partial charge on any atom is -0.354 e. The second kappa shape index (κ2) is 9.59. The molecule has 0 spiro atoms. The summed E-state index contributed by atoms with van der Waals surface area (Å²) in [5, 5.41) is 5.15. The number of rotatable bonds is 10. The second-order valence-electron chi connectivity index (χ2n) is 5.67. The standard InChI is InChI=1S/C16H23N3O5/c1-11-9-15(23)19(16(11)24)8-7-17-13(21)5-3-4-6-14(22)18-12(2)10-20/h9-10,12H,3-8H2,1-2H3,(H,17,21)(H,18,22). The quantitative estimate of drug-likeness (QED) is 0.322. The van der Waals surface area contributed by atoms with Crippen LogP contribution in [0.2, 0.25) is 0 Å². The van der Waals surface area contributed by atoms with Gasteiger partial charge in [0.15, 0.2) is 0 Å². The van der Waals surface area contributed by atoms with Gasteiger partial charge in [0.25, 0.3) is 11.8 Å². The highest BCUT2D eigenvalue weighted by atomic mass is 16.2. The van der Waals surface area contributed by atoms with Crippen LogP contribution in [0.15, 0.2) is 11.6 Å². The van der Waals surface area contributed by atoms with Gasteiger partial charge in [0, 0.05) is 37.6 Å². The highest BCUT2D eigenvalue weighted by Crippen LogP contribution is 2.10. The molecule has 0 saturated carbocycles. The van der Waals surface area contributed by atoms with Crippen LogP contribution in [0, 0.1) is 0 Å². The lowest BCUT2D eigenvalue weighted by atomic mass is 10.1. The van der Waals surface area contributed by atoms with Gasteiger partial charge in [-0.15, -0.1) is 0 Å². The van der Waals surface area contributed by atoms with E-state index in [9.17, 15) is 24.0 Å². The van der Waals surface area contributed by atoms with Crippen molar-refractivity contribution < 1.29 is 24.0 Å². The van der Waals surface area contributed by atoms with Crippen molar-refractivity contribution in [2.75, 3.05) is 13.1 Å². The molecule has 1 heterocycles. The third-order valence-electron chi connectivity index (χ3n) is 3.50. The number of hydrogen-bond acceptors (Lipinski definition) is 5. The summed E-state index contributed by atoms with van der Waals surface area (Å²) in [5.74, 6) is -1.10. The zero-order chi connectivity index (χ0) is 18.1. The molecule has 0 aliphatic carbocycles. The summed E-state index contributed by atoms with van der Waals surface area (Å²) in [6.07, 6.45) is 3.52. The van der Waals surface area contributed by atoms with E-state index in [0.717, 1.165) is 4.90 Å². The Morgan fingerprint density at radius 2 is 1.83 bits per heavy atom. The van der Waals surface area contributed by atoms with Crippen molar-refractivity contribution >= 4 is 29.9 Å². The molecule has 1 unspecified atom stereocenters. The van der Waals surface area contributed by atoms with Gasteiger partial charge >= 0.3 is 0 Å². The van der Waals surface area contributed by atoms with E-state index in [1.165, 1.54) is 6.08 Å². The fourth-order valence-corrected chi connectivity index (χ4v) is 2.18. The maximum atomic E-state index is 11.7. The summed E-state index contributed by atoms with van der Waals surface area (Å²) in [5.41, 5.74) is 0.397. The van der Waals surface area contributed by atoms with Crippen LogP contribution in [-0.4, -0.2) is 53.9 Å². The molecule has 132 valence electrons. The van der Waals surface area contributed by atoms with Crippen LogP contribution in [-0.2, 0) is 24.0 Å². The van der Waals surface area contributed by atoms with E-state index in [-0.39, 0.29) is 49.6 Å². The largest absolute Gasteiger partial charge is 0.354 e. The van der Waals surface area contributed by atoms with Crippen LogP contribution in [0.4, 0.5) is 0 Å². The van der Waals surface area contributed by atoms with E-state index in [4.69, 9.17) is 0 Å². The molecule has 1 aliphatic heterocycles. The Kier molecular flexibility index (Phi) is 7.81. The normalized spacial score (nSPS) is 15.1. The van der Waals surface area contributed by atoms with E-state index < -0.39 is 6.04 Å². The van der Waals surface area contributed by atoms with Crippen molar-refractivity contribution in [1.82, 2.24) is 15.5 Å². The Balaban J connectivity index is 2.11. The molecule has 0 aromatic rings. The van der Waals surface area contributed by atoms with Crippen molar-refractivity contribution in [1.29, 1.82) is 0 Å². The first-order valence-electron chi connectivity index (χ1n) is 7.90. The van der Waals surface area contributed by atoms with Gasteiger partial charge in [-0.1, -0.05) is 0 Å². The maximum Gasteiger partial charge on any atom is 0.256 e. The highest BCUT2D eigenvalue weighted by molar-refractivity contribution is 6.15. The first-order chi connectivity index (χ1) is 11.3. The number of nitrogens with one attached hydrogen (secondary N) is 2. The van der Waals surface area contributed by atoms with Crippen molar-refractivity contribution in [2.45, 2.75) is 45.6 Å². The minimum absolute atomic E-state index is 0.142. The molecular formula is C16H23N3O5. The summed E-state index contributed by atoms with van der Waals surface area (Å²) in [6, 6.07) is -0.505. The molecule has 24 heavy (non-hydrogen) atoms. The average molecular weight is 337 g/mol. The molecule has 1 atom stereocenters. The molecule has 0 radical (unpaired) electrons. The molecule has 1 rings (SSSR count). The van der Waals surface area contributed by atoms with E-state index in [2.05, 4.69) is 10.6 Å². The third-order valence-corrected chi connectivity index (χ3v) is 3.50. The molecule has 1 aliphatic rings. The second-order valence-corrected chi connectivity index (χ2v) is 5.67. The van der Waals surface area contributed by atoms with E-state index in [1.54, 1.807) is 13.8 Å². The van der Waals surface area contributed by atoms with Crippen molar-refractivity contribution in [3.05, 3.63) is 11.6 Å². The van der Waals surface area contributed by atoms with Gasteiger partial charge in [-0.2, -0.15) is 0 Å². The Morgan fingerprint density at radius 3 is 2.38 bits per heavy atom. The van der Waals surface area contributed by atoms with Gasteiger partial charge in [0.05, 0.1) is 6.04 Å². The summed E-state index contributed by atoms with van der Waals surface area (Å²) < 4.78 is 0. The Bertz CT molecular complexity index is 556. The Morgan fingerprint density at radius 1 is 1.21 bits per heavy atom. The number of nitrogens with zero attached hydrogens (tertiary/aromatic N) is 1. The predicted molar refractivity (Wildman–Crippen MR) is 85.6 cm³/mol. The summed E-state index contributed by atoms with van der Waals surface area (Å²) >= 11 is 0. The van der Waals surface area contributed by atoms with Crippen LogP contribution in [0.5, 0.6) is 0 Å². The van der Waals surface area contributed by atoms with Gasteiger partial charge < -0.3 is 15.4 Å². The molecule has 0 saturated heterocycles. The van der Waals surface area contributed by atoms with Crippen molar-refractivity contribution in [3.8, 4) is 0 Å². The van der Waals surface area contributed by atoms with Crippen LogP contribution in [0.3, 0.4) is 0 Å². The van der Waals surface area contributed by atoms with Crippen LogP contribution in [0.25, 0.3) is 0 Å². The number of aldehydes is 1. The first kappa shape index (κ1) is 19.5. The minimum atomic E-state index is -0.505. The molecule has 4 amide bonds. The molecule has 0 fully saturated rings. The highest BCUT2D eigenvalue weighted by Gasteiger charge is 2.27. The van der Waals surface area contributed by atoms with Gasteiger partial charge in [0.1, 0.15) is 6.29 Å². The average Bonchev–Trinajstić information content (AvgIpc) is 2.77. The first-order valence-corrected chi connectivity index (χ1v) is 7.90. The van der Waals surface area contributed by atoms with Gasteiger partial charge in [-0.25, -0.2) is 0 Å². The summed E-state index contributed by atoms with van der Waals surface area (Å²) in [6.45, 7) is 3.51. The molecule has 0 aromatic heterocycles. The molecular weight excluding hydrogens is 314 g/mol. The van der Waals surface area contributed by atoms with Crippen LogP contribution < -0.4 is 10.6 Å². The number of carbonyl (C=O) groups excluding carboxylic acids is 5. The molecule has 0 aromatic carbocycles. The van der Waals surface area contributed by atoms with Crippen LogP contribution >= 0.6 is 0 Å². The molecule has 0 bridgehead atoms. The van der Waals surface area contributed by atoms with Gasteiger partial charge in [-0.3, -0.25) is 24.1 Å². The zero-order valence-corrected chi connectivity index (χ0v) is 14.0. The van der Waals surface area contributed by atoms with Crippen LogP contribution in [0.1, 0.15) is 39.5 Å². The van der Waals surface area contributed by atoms with Gasteiger partial charge in [-0.05, 0) is 26.7 Å². The Hall–Kier alpha value is -2.51. The molecule has 8 heteroatoms. The summed E-state index contributed by atoms with van der Waals surface area (Å²) in [7, 11) is 0. The van der Waals surface area contributed by atoms with Gasteiger partial charge in [0.2, 0.25) is 11.8 Å². The number of imide groups is 1. The van der Waals surface area contributed by atoms with E-state index in [0.29, 0.717) is 24.7 Å². The zero-order valence-electron chi connectivity index (χ0n) is 14.0. The monoisotopic (exact) mass is 337 g/mol. The molecule has 2 N–H and O–H groups in total. The van der Waals surface area contributed by atoms with E-state index >= 15 is 0 Å². The summed E-state index contributed by atoms with van der Waals surface area (Å²) in [4.78, 5) is 57.7. The van der Waals surface area contributed by atoms with Crippen molar-refractivity contribution in [3.63, 3.8) is 0 Å². The number of amides is 4. The lowest BCUT2D eigenvalue weighted by Gasteiger charge is -2.14. The fraction of sp³-hybridized carbons (Fsp3) is 0.562. The Labute approximate surface area is 140 Å². The van der Waals surface area contributed by atoms with Crippen molar-refractivity contribution in [2.24, 2.45) is 0 Å². The molecule has 8 nitrogen and oxygen atoms in total. The number of unbranched alkanes of at least 4 members (excludes halogenated alkanes) is 1. The lowest BCUT2D eigenvalue weighted by Crippen LogP contribution is -2.38. The number of hydrogen-bond donors (Lipinski definition) is 2. The number of carbonyl (C=O) groups is 5. The smallest absolute Gasteiger partial charge is 0.256 e. The van der Waals surface area contributed by atoms with E-state index in [1.807, 2.05) is 0 Å². The maximum absolute atomic E-state index is 11.7. The predicted octanol–water partition coefficient (Wildman–Crippen LogP) is -0.318. The SMILES string of the molecule is CC1=CC(=O)N(CCNC(=O)CCCCC(=O)NC(C)C=O)C1=O. The fourth-order valence-electron chi connectivity index (χ4n) is 2.18.